The van der Waals surface area contributed by atoms with Crippen LogP contribution in [0.2, 0.25) is 0 Å². The van der Waals surface area contributed by atoms with Gasteiger partial charge in [0, 0.05) is 18.5 Å². The number of nitrogens with zero attached hydrogens (tertiary/aromatic N) is 3. The number of anilines is 1. The van der Waals surface area contributed by atoms with Gasteiger partial charge in [0.1, 0.15) is 5.82 Å². The Morgan fingerprint density at radius 1 is 1.19 bits per heavy atom. The maximum Gasteiger partial charge on any atom is 0.257 e. The second kappa shape index (κ2) is 7.33. The van der Waals surface area contributed by atoms with Crippen molar-refractivity contribution < 1.29 is 4.79 Å². The number of amidine groups is 1. The highest BCUT2D eigenvalue weighted by Gasteiger charge is 2.37. The van der Waals surface area contributed by atoms with Gasteiger partial charge < -0.3 is 10.2 Å². The van der Waals surface area contributed by atoms with Gasteiger partial charge in [0.25, 0.3) is 5.91 Å². The van der Waals surface area contributed by atoms with Gasteiger partial charge in [0.05, 0.1) is 17.3 Å². The molecule has 1 saturated heterocycles. The Labute approximate surface area is 157 Å². The molecule has 5 nitrogen and oxygen atoms in total. The van der Waals surface area contributed by atoms with Crippen LogP contribution in [0.1, 0.15) is 24.9 Å². The monoisotopic (exact) mass is 364 g/mol. The Morgan fingerprint density at radius 2 is 2.00 bits per heavy atom. The molecule has 4 rings (SSSR count). The first-order valence-electron chi connectivity index (χ1n) is 8.70. The van der Waals surface area contributed by atoms with Gasteiger partial charge in [-0.3, -0.25) is 4.79 Å². The Morgan fingerprint density at radius 3 is 2.77 bits per heavy atom. The Hall–Kier alpha value is -2.60. The number of nitrogens with one attached hydrogen (secondary N) is 1. The van der Waals surface area contributed by atoms with Crippen molar-refractivity contribution in [2.75, 3.05) is 17.6 Å². The molecular formula is C20H20N4OS. The number of pyridine rings is 1. The standard InChI is InChI=1S/C20H20N4OS/c1-14-17(19(25)23-16-10-5-6-11-21-16)18(15-8-3-2-4-9-15)24-12-7-13-26-20(24)22-14/h2-6,8-11,18H,7,12-13H2,1H3,(H,21,23,25). The van der Waals surface area contributed by atoms with Crippen LogP contribution in [-0.4, -0.2) is 33.3 Å². The van der Waals surface area contributed by atoms with E-state index in [1.54, 1.807) is 24.0 Å². The molecule has 6 heteroatoms. The lowest BCUT2D eigenvalue weighted by molar-refractivity contribution is -0.113. The third kappa shape index (κ3) is 3.24. The van der Waals surface area contributed by atoms with E-state index in [4.69, 9.17) is 4.99 Å². The first-order valence-corrected chi connectivity index (χ1v) is 9.69. The van der Waals surface area contributed by atoms with Crippen molar-refractivity contribution >= 4 is 28.7 Å². The van der Waals surface area contributed by atoms with Crippen LogP contribution in [0.3, 0.4) is 0 Å². The van der Waals surface area contributed by atoms with Crippen LogP contribution in [0.15, 0.2) is 71.0 Å². The molecule has 1 unspecified atom stereocenters. The van der Waals surface area contributed by atoms with Crippen LogP contribution in [0, 0.1) is 0 Å². The van der Waals surface area contributed by atoms with Crippen molar-refractivity contribution in [1.29, 1.82) is 0 Å². The number of carbonyl (C=O) groups excluding carboxylic acids is 1. The van der Waals surface area contributed by atoms with Crippen LogP contribution in [-0.2, 0) is 4.79 Å². The van der Waals surface area contributed by atoms with Gasteiger partial charge in [0.2, 0.25) is 0 Å². The molecule has 3 heterocycles. The third-order valence-corrected chi connectivity index (χ3v) is 5.60. The lowest BCUT2D eigenvalue weighted by atomic mass is 9.93. The molecule has 1 aromatic carbocycles. The molecular weight excluding hydrogens is 344 g/mol. The molecule has 1 amide bonds. The molecule has 0 saturated carbocycles. The molecule has 2 aliphatic rings. The highest BCUT2D eigenvalue weighted by atomic mass is 32.2. The summed E-state index contributed by atoms with van der Waals surface area (Å²) in [4.78, 5) is 24.3. The number of allylic oxidation sites excluding steroid dienone is 1. The SMILES string of the molecule is CC1=C(C(=O)Nc2ccccn2)C(c2ccccc2)N2CCCSC2=N1. The Balaban J connectivity index is 1.75. The molecule has 0 bridgehead atoms. The molecule has 2 aromatic rings. The first-order chi connectivity index (χ1) is 12.7. The van der Waals surface area contributed by atoms with E-state index in [9.17, 15) is 4.79 Å². The van der Waals surface area contributed by atoms with Gasteiger partial charge in [-0.05, 0) is 31.0 Å². The fourth-order valence-corrected chi connectivity index (χ4v) is 4.38. The number of amides is 1. The van der Waals surface area contributed by atoms with E-state index in [1.165, 1.54) is 0 Å². The molecule has 26 heavy (non-hydrogen) atoms. The predicted molar refractivity (Wildman–Crippen MR) is 106 cm³/mol. The number of fused-ring (bicyclic) bond motifs is 1. The maximum atomic E-state index is 13.1. The molecule has 1 N–H and O–H groups in total. The van der Waals surface area contributed by atoms with E-state index in [0.717, 1.165) is 35.1 Å². The van der Waals surface area contributed by atoms with E-state index < -0.39 is 0 Å². The topological polar surface area (TPSA) is 57.6 Å². The lowest BCUT2D eigenvalue weighted by Gasteiger charge is -2.40. The normalized spacial score (nSPS) is 19.7. The minimum atomic E-state index is -0.145. The summed E-state index contributed by atoms with van der Waals surface area (Å²) >= 11 is 1.76. The number of rotatable bonds is 3. The fraction of sp³-hybridized carbons (Fsp3) is 0.250. The maximum absolute atomic E-state index is 13.1. The summed E-state index contributed by atoms with van der Waals surface area (Å²) in [7, 11) is 0. The van der Waals surface area contributed by atoms with Crippen LogP contribution in [0.4, 0.5) is 5.82 Å². The van der Waals surface area contributed by atoms with Crippen molar-refractivity contribution in [3.63, 3.8) is 0 Å². The molecule has 2 aliphatic heterocycles. The first kappa shape index (κ1) is 16.8. The Bertz CT molecular complexity index is 864. The number of benzene rings is 1. The van der Waals surface area contributed by atoms with Gasteiger partial charge in [0.15, 0.2) is 5.17 Å². The molecule has 132 valence electrons. The number of hydrogen-bond donors (Lipinski definition) is 1. The molecule has 0 radical (unpaired) electrons. The van der Waals surface area contributed by atoms with Gasteiger partial charge >= 0.3 is 0 Å². The summed E-state index contributed by atoms with van der Waals surface area (Å²) in [6, 6.07) is 15.5. The fourth-order valence-electron chi connectivity index (χ4n) is 3.36. The summed E-state index contributed by atoms with van der Waals surface area (Å²) in [5, 5.41) is 3.94. The average molecular weight is 364 g/mol. The van der Waals surface area contributed by atoms with E-state index in [-0.39, 0.29) is 11.9 Å². The van der Waals surface area contributed by atoms with Gasteiger partial charge in [-0.15, -0.1) is 0 Å². The van der Waals surface area contributed by atoms with Crippen molar-refractivity contribution in [2.45, 2.75) is 19.4 Å². The summed E-state index contributed by atoms with van der Waals surface area (Å²) < 4.78 is 0. The second-order valence-corrected chi connectivity index (χ2v) is 7.33. The highest BCUT2D eigenvalue weighted by molar-refractivity contribution is 8.13. The van der Waals surface area contributed by atoms with Crippen molar-refractivity contribution in [3.05, 3.63) is 71.6 Å². The highest BCUT2D eigenvalue weighted by Crippen LogP contribution is 2.39. The number of hydrogen-bond acceptors (Lipinski definition) is 5. The quantitative estimate of drug-likeness (QED) is 0.899. The Kier molecular flexibility index (Phi) is 4.75. The molecule has 0 aliphatic carbocycles. The zero-order valence-corrected chi connectivity index (χ0v) is 15.4. The summed E-state index contributed by atoms with van der Waals surface area (Å²) in [5.41, 5.74) is 2.56. The van der Waals surface area contributed by atoms with Crippen molar-refractivity contribution in [2.24, 2.45) is 4.99 Å². The predicted octanol–water partition coefficient (Wildman–Crippen LogP) is 3.84. The lowest BCUT2D eigenvalue weighted by Crippen LogP contribution is -2.43. The minimum absolute atomic E-state index is 0.125. The van der Waals surface area contributed by atoms with Crippen LogP contribution in [0.5, 0.6) is 0 Å². The summed E-state index contributed by atoms with van der Waals surface area (Å²) in [6.45, 7) is 2.82. The van der Waals surface area contributed by atoms with Crippen LogP contribution >= 0.6 is 11.8 Å². The zero-order chi connectivity index (χ0) is 17.9. The van der Waals surface area contributed by atoms with E-state index in [0.29, 0.717) is 11.4 Å². The molecule has 1 fully saturated rings. The van der Waals surface area contributed by atoms with E-state index >= 15 is 0 Å². The summed E-state index contributed by atoms with van der Waals surface area (Å²) in [5.74, 6) is 1.47. The van der Waals surface area contributed by atoms with Crippen molar-refractivity contribution in [1.82, 2.24) is 9.88 Å². The van der Waals surface area contributed by atoms with Gasteiger partial charge in [-0.2, -0.15) is 0 Å². The largest absolute Gasteiger partial charge is 0.340 e. The van der Waals surface area contributed by atoms with E-state index in [2.05, 4.69) is 27.3 Å². The average Bonchev–Trinajstić information content (AvgIpc) is 2.68. The van der Waals surface area contributed by atoms with Gasteiger partial charge in [-0.25, -0.2) is 9.98 Å². The number of aromatic nitrogens is 1. The van der Waals surface area contributed by atoms with Crippen molar-refractivity contribution in [3.8, 4) is 0 Å². The second-order valence-electron chi connectivity index (χ2n) is 6.27. The van der Waals surface area contributed by atoms with Crippen LogP contribution < -0.4 is 5.32 Å². The number of aliphatic imine (C=N–C) groups is 1. The molecule has 1 aromatic heterocycles. The molecule has 1 atom stereocenters. The van der Waals surface area contributed by atoms with Crippen LogP contribution in [0.25, 0.3) is 0 Å². The zero-order valence-electron chi connectivity index (χ0n) is 14.6. The smallest absolute Gasteiger partial charge is 0.257 e. The summed E-state index contributed by atoms with van der Waals surface area (Å²) in [6.07, 6.45) is 2.76. The number of carbonyl (C=O) groups is 1. The molecule has 0 spiro atoms. The van der Waals surface area contributed by atoms with Gasteiger partial charge in [-0.1, -0.05) is 48.2 Å². The third-order valence-electron chi connectivity index (χ3n) is 4.52. The van der Waals surface area contributed by atoms with E-state index in [1.807, 2.05) is 37.3 Å². The number of thioether (sulfide) groups is 1. The minimum Gasteiger partial charge on any atom is -0.340 e.